The fourth-order valence-corrected chi connectivity index (χ4v) is 3.11. The summed E-state index contributed by atoms with van der Waals surface area (Å²) in [5.41, 5.74) is -1.28. The van der Waals surface area contributed by atoms with Gasteiger partial charge in [0.1, 0.15) is 16.3 Å². The first-order chi connectivity index (χ1) is 9.31. The molecule has 0 fully saturated rings. The van der Waals surface area contributed by atoms with Gasteiger partial charge in [-0.2, -0.15) is 0 Å². The van der Waals surface area contributed by atoms with E-state index in [0.717, 1.165) is 6.07 Å². The molecule has 0 aromatic heterocycles. The van der Waals surface area contributed by atoms with Gasteiger partial charge in [-0.05, 0) is 25.0 Å². The quantitative estimate of drug-likeness (QED) is 0.589. The normalized spacial score (nSPS) is 11.6. The fraction of sp³-hybridized carbons (Fsp3) is 0.417. The summed E-state index contributed by atoms with van der Waals surface area (Å²) in [4.78, 5) is 9.90. The van der Waals surface area contributed by atoms with Crippen LogP contribution in [0.2, 0.25) is 0 Å². The number of aliphatic hydroxyl groups excluding tert-OH is 1. The average Bonchev–Trinajstić information content (AvgIpc) is 2.34. The first-order valence-electron chi connectivity index (χ1n) is 5.86. The van der Waals surface area contributed by atoms with Crippen molar-refractivity contribution in [2.24, 2.45) is 0 Å². The van der Waals surface area contributed by atoms with Crippen molar-refractivity contribution < 1.29 is 32.2 Å². The number of carboxylic acids is 1. The second-order valence-corrected chi connectivity index (χ2v) is 6.22. The molecular formula is C12H14F2O5S. The number of aromatic carboxylic acids is 1. The summed E-state index contributed by atoms with van der Waals surface area (Å²) in [6.45, 7) is -0.0753. The highest BCUT2D eigenvalue weighted by Gasteiger charge is 2.26. The molecule has 0 radical (unpaired) electrons. The van der Waals surface area contributed by atoms with Crippen molar-refractivity contribution in [3.63, 3.8) is 0 Å². The molecule has 5 nitrogen and oxygen atoms in total. The molecule has 0 saturated carbocycles. The smallest absolute Gasteiger partial charge is 0.341 e. The maximum absolute atomic E-state index is 13.8. The van der Waals surface area contributed by atoms with E-state index in [2.05, 4.69) is 0 Å². The Bertz CT molecular complexity index is 598. The van der Waals surface area contributed by atoms with E-state index in [0.29, 0.717) is 18.9 Å². The van der Waals surface area contributed by atoms with Crippen molar-refractivity contribution in [1.82, 2.24) is 0 Å². The van der Waals surface area contributed by atoms with E-state index < -0.39 is 43.7 Å². The Balaban J connectivity index is 3.07. The number of benzene rings is 1. The molecule has 0 bridgehead atoms. The zero-order valence-corrected chi connectivity index (χ0v) is 11.3. The van der Waals surface area contributed by atoms with Gasteiger partial charge in [-0.25, -0.2) is 22.0 Å². The molecule has 0 aliphatic rings. The van der Waals surface area contributed by atoms with E-state index in [4.69, 9.17) is 10.2 Å². The minimum absolute atomic E-state index is 0.0753. The molecule has 20 heavy (non-hydrogen) atoms. The van der Waals surface area contributed by atoms with Crippen LogP contribution in [0, 0.1) is 11.6 Å². The van der Waals surface area contributed by atoms with E-state index in [1.807, 2.05) is 0 Å². The Morgan fingerprint density at radius 1 is 1.15 bits per heavy atom. The number of sulfone groups is 1. The lowest BCUT2D eigenvalue weighted by molar-refractivity contribution is 0.0685. The summed E-state index contributed by atoms with van der Waals surface area (Å²) in [7, 11) is -4.03. The van der Waals surface area contributed by atoms with Crippen LogP contribution in [-0.4, -0.2) is 37.0 Å². The molecule has 0 amide bonds. The van der Waals surface area contributed by atoms with Gasteiger partial charge < -0.3 is 10.2 Å². The van der Waals surface area contributed by atoms with Crippen LogP contribution in [0.4, 0.5) is 8.78 Å². The van der Waals surface area contributed by atoms with Crippen molar-refractivity contribution in [3.05, 3.63) is 29.3 Å². The van der Waals surface area contributed by atoms with E-state index in [1.165, 1.54) is 0 Å². The van der Waals surface area contributed by atoms with E-state index in [1.54, 1.807) is 0 Å². The molecule has 0 aliphatic heterocycles. The molecule has 2 N–H and O–H groups in total. The van der Waals surface area contributed by atoms with Gasteiger partial charge in [-0.3, -0.25) is 0 Å². The van der Waals surface area contributed by atoms with Gasteiger partial charge in [0.25, 0.3) is 0 Å². The zero-order valence-electron chi connectivity index (χ0n) is 10.5. The highest BCUT2D eigenvalue weighted by atomic mass is 32.2. The maximum Gasteiger partial charge on any atom is 0.341 e. The van der Waals surface area contributed by atoms with Crippen LogP contribution < -0.4 is 0 Å². The SMILES string of the molecule is O=C(O)c1c(F)ccc(S(=O)(=O)CCCCCO)c1F. The first-order valence-corrected chi connectivity index (χ1v) is 7.51. The number of rotatable bonds is 7. The number of carbonyl (C=O) groups is 1. The Kier molecular flexibility index (Phi) is 5.58. The first kappa shape index (κ1) is 16.5. The summed E-state index contributed by atoms with van der Waals surface area (Å²) >= 11 is 0. The van der Waals surface area contributed by atoms with Gasteiger partial charge in [0, 0.05) is 6.61 Å². The maximum atomic E-state index is 13.8. The van der Waals surface area contributed by atoms with Crippen LogP contribution >= 0.6 is 0 Å². The second-order valence-electron chi connectivity index (χ2n) is 4.14. The molecule has 0 unspecified atom stereocenters. The number of aliphatic hydroxyl groups is 1. The van der Waals surface area contributed by atoms with Crippen LogP contribution in [0.1, 0.15) is 29.6 Å². The van der Waals surface area contributed by atoms with Crippen molar-refractivity contribution in [3.8, 4) is 0 Å². The lowest BCUT2D eigenvalue weighted by Gasteiger charge is -2.08. The van der Waals surface area contributed by atoms with E-state index in [9.17, 15) is 22.0 Å². The number of hydrogen-bond donors (Lipinski definition) is 2. The molecule has 1 aromatic carbocycles. The molecule has 1 aromatic rings. The third-order valence-electron chi connectivity index (χ3n) is 2.68. The summed E-state index contributed by atoms with van der Waals surface area (Å²) in [6, 6.07) is 1.34. The van der Waals surface area contributed by atoms with Crippen LogP contribution in [0.15, 0.2) is 17.0 Å². The van der Waals surface area contributed by atoms with Gasteiger partial charge >= 0.3 is 5.97 Å². The van der Waals surface area contributed by atoms with Crippen molar-refractivity contribution in [2.45, 2.75) is 24.2 Å². The third kappa shape index (κ3) is 3.73. The van der Waals surface area contributed by atoms with Crippen LogP contribution in [-0.2, 0) is 9.84 Å². The molecular weight excluding hydrogens is 294 g/mol. The van der Waals surface area contributed by atoms with Crippen LogP contribution in [0.25, 0.3) is 0 Å². The molecule has 1 rings (SSSR count). The molecule has 0 spiro atoms. The Morgan fingerprint density at radius 2 is 1.80 bits per heavy atom. The predicted molar refractivity (Wildman–Crippen MR) is 66.3 cm³/mol. The van der Waals surface area contributed by atoms with Gasteiger partial charge in [0.15, 0.2) is 15.7 Å². The molecule has 0 atom stereocenters. The van der Waals surface area contributed by atoms with Crippen LogP contribution in [0.5, 0.6) is 0 Å². The van der Waals surface area contributed by atoms with Crippen molar-refractivity contribution >= 4 is 15.8 Å². The topological polar surface area (TPSA) is 91.7 Å². The van der Waals surface area contributed by atoms with Crippen molar-refractivity contribution in [2.75, 3.05) is 12.4 Å². The molecule has 112 valence electrons. The Morgan fingerprint density at radius 3 is 2.35 bits per heavy atom. The lowest BCUT2D eigenvalue weighted by atomic mass is 10.2. The third-order valence-corrected chi connectivity index (χ3v) is 4.49. The average molecular weight is 308 g/mol. The summed E-state index contributed by atoms with van der Waals surface area (Å²) in [6.07, 6.45) is 1.05. The van der Waals surface area contributed by atoms with Gasteiger partial charge in [-0.15, -0.1) is 0 Å². The summed E-state index contributed by atoms with van der Waals surface area (Å²) in [5, 5.41) is 17.2. The Labute approximate surface area is 114 Å². The van der Waals surface area contributed by atoms with Crippen molar-refractivity contribution in [1.29, 1.82) is 0 Å². The minimum Gasteiger partial charge on any atom is -0.477 e. The second kappa shape index (κ2) is 6.76. The van der Waals surface area contributed by atoms with Gasteiger partial charge in [-0.1, -0.05) is 6.42 Å². The van der Waals surface area contributed by atoms with Gasteiger partial charge in [0.2, 0.25) is 0 Å². The monoisotopic (exact) mass is 308 g/mol. The zero-order chi connectivity index (χ0) is 15.3. The molecule has 0 aliphatic carbocycles. The summed E-state index contributed by atoms with van der Waals surface area (Å²) < 4.78 is 50.8. The van der Waals surface area contributed by atoms with E-state index >= 15 is 0 Å². The molecule has 0 saturated heterocycles. The van der Waals surface area contributed by atoms with Gasteiger partial charge in [0.05, 0.1) is 5.75 Å². The summed E-state index contributed by atoms with van der Waals surface area (Å²) in [5.74, 6) is -5.17. The number of halogens is 2. The fourth-order valence-electron chi connectivity index (χ4n) is 1.66. The lowest BCUT2D eigenvalue weighted by Crippen LogP contribution is -2.14. The van der Waals surface area contributed by atoms with E-state index in [-0.39, 0.29) is 13.0 Å². The number of hydrogen-bond acceptors (Lipinski definition) is 4. The standard InChI is InChI=1S/C12H14F2O5S/c13-8-4-5-9(11(14)10(8)12(16)17)20(18,19)7-3-1-2-6-15/h4-5,15H,1-3,6-7H2,(H,16,17). The molecule has 0 heterocycles. The highest BCUT2D eigenvalue weighted by molar-refractivity contribution is 7.91. The molecule has 8 heteroatoms. The highest BCUT2D eigenvalue weighted by Crippen LogP contribution is 2.23. The number of unbranched alkanes of at least 4 members (excludes halogenated alkanes) is 2. The largest absolute Gasteiger partial charge is 0.477 e. The predicted octanol–water partition coefficient (Wildman–Crippen LogP) is 1.60. The van der Waals surface area contributed by atoms with Crippen LogP contribution in [0.3, 0.4) is 0 Å². The minimum atomic E-state index is -4.03. The Hall–Kier alpha value is -1.54. The number of carboxylic acid groups (broad SMARTS) is 1.